The molecule has 1 aliphatic carbocycles. The number of ketones is 1. The average Bonchev–Trinajstić information content (AvgIpc) is 3.00. The van der Waals surface area contributed by atoms with Gasteiger partial charge in [-0.3, -0.25) is 4.79 Å². The highest BCUT2D eigenvalue weighted by molar-refractivity contribution is 7.99. The van der Waals surface area contributed by atoms with E-state index in [1.807, 2.05) is 42.5 Å². The molecule has 1 unspecified atom stereocenters. The molecule has 3 aromatic carbocycles. The lowest BCUT2D eigenvalue weighted by Crippen LogP contribution is -2.31. The summed E-state index contributed by atoms with van der Waals surface area (Å²) < 4.78 is 10.7. The number of fused-ring (bicyclic) bond motifs is 1. The zero-order valence-electron chi connectivity index (χ0n) is 20.5. The smallest absolute Gasteiger partial charge is 0.163 e. The minimum absolute atomic E-state index is 0.0833. The Kier molecular flexibility index (Phi) is 6.24. The zero-order chi connectivity index (χ0) is 24.6. The number of ether oxygens (including phenoxy) is 2. The molecule has 6 heteroatoms. The number of carbonyl (C=O) groups is 1. The van der Waals surface area contributed by atoms with Crippen LogP contribution in [0.1, 0.15) is 38.3 Å². The Hall–Kier alpha value is -3.38. The molecule has 1 heterocycles. The molecule has 0 fully saturated rings. The highest BCUT2D eigenvalue weighted by atomic mass is 32.2. The molecule has 0 aromatic heterocycles. The Morgan fingerprint density at radius 3 is 2.34 bits per heavy atom. The number of hydrogen-bond acceptors (Lipinski definition) is 6. The third kappa shape index (κ3) is 4.89. The fourth-order valence-corrected chi connectivity index (χ4v) is 5.74. The number of anilines is 2. The minimum Gasteiger partial charge on any atom is -0.497 e. The maximum absolute atomic E-state index is 13.4. The fraction of sp³-hybridized carbons (Fsp3) is 0.276. The van der Waals surface area contributed by atoms with Crippen molar-refractivity contribution < 1.29 is 14.3 Å². The molecule has 5 rings (SSSR count). The lowest BCUT2D eigenvalue weighted by Gasteiger charge is -2.34. The minimum atomic E-state index is -0.245. The number of allylic oxidation sites excluding steroid dienone is 1. The Balaban J connectivity index is 1.54. The van der Waals surface area contributed by atoms with Gasteiger partial charge in [0.1, 0.15) is 11.5 Å². The van der Waals surface area contributed by atoms with Gasteiger partial charge in [-0.15, -0.1) is 0 Å². The molecule has 35 heavy (non-hydrogen) atoms. The molecule has 0 amide bonds. The predicted molar refractivity (Wildman–Crippen MR) is 142 cm³/mol. The standard InChI is InChI=1S/C29H30N2O3S/c1-29(2)16-25-27(26(32)17-29)28(18-8-10-19(33-3)11-9-18)31-24-15-22(12-13-23(24)30-25)35-21-7-5-6-20(14-21)34-4/h5-15,28,30-31H,16-17H2,1-4H3. The summed E-state index contributed by atoms with van der Waals surface area (Å²) in [6, 6.07) is 22.1. The number of hydrogen-bond donors (Lipinski definition) is 2. The molecular weight excluding hydrogens is 456 g/mol. The van der Waals surface area contributed by atoms with Gasteiger partial charge in [0.2, 0.25) is 0 Å². The SMILES string of the molecule is COc1ccc(C2Nc3cc(Sc4cccc(OC)c4)ccc3NC3=C2C(=O)CC(C)(C)C3)cc1. The molecule has 0 saturated carbocycles. The van der Waals surface area contributed by atoms with Gasteiger partial charge < -0.3 is 20.1 Å². The van der Waals surface area contributed by atoms with Crippen molar-refractivity contribution in [3.63, 3.8) is 0 Å². The number of methoxy groups -OCH3 is 2. The van der Waals surface area contributed by atoms with Crippen LogP contribution in [0.2, 0.25) is 0 Å². The number of Topliss-reactive ketones (excluding diaryl/α,β-unsaturated/α-hetero) is 1. The Morgan fingerprint density at radius 2 is 1.60 bits per heavy atom. The molecule has 180 valence electrons. The summed E-state index contributed by atoms with van der Waals surface area (Å²) in [5, 5.41) is 7.32. The summed E-state index contributed by atoms with van der Waals surface area (Å²) in [7, 11) is 3.34. The number of nitrogens with one attached hydrogen (secondary N) is 2. The normalized spacial score (nSPS) is 18.5. The summed E-state index contributed by atoms with van der Waals surface area (Å²) in [6.45, 7) is 4.32. The highest BCUT2D eigenvalue weighted by Gasteiger charge is 2.38. The van der Waals surface area contributed by atoms with Crippen LogP contribution in [0.4, 0.5) is 11.4 Å². The first kappa shape index (κ1) is 23.4. The second-order valence-electron chi connectivity index (χ2n) is 9.80. The Bertz CT molecular complexity index is 1300. The summed E-state index contributed by atoms with van der Waals surface area (Å²) in [5.41, 5.74) is 4.74. The summed E-state index contributed by atoms with van der Waals surface area (Å²) in [6.07, 6.45) is 1.36. The van der Waals surface area contributed by atoms with Crippen molar-refractivity contribution in [3.8, 4) is 11.5 Å². The first-order valence-electron chi connectivity index (χ1n) is 11.7. The van der Waals surface area contributed by atoms with Crippen LogP contribution in [0.5, 0.6) is 11.5 Å². The van der Waals surface area contributed by atoms with E-state index in [0.717, 1.165) is 55.9 Å². The van der Waals surface area contributed by atoms with Crippen LogP contribution < -0.4 is 20.1 Å². The van der Waals surface area contributed by atoms with Gasteiger partial charge in [0.15, 0.2) is 5.78 Å². The second-order valence-corrected chi connectivity index (χ2v) is 10.9. The fourth-order valence-electron chi connectivity index (χ4n) is 4.83. The van der Waals surface area contributed by atoms with E-state index < -0.39 is 0 Å². The molecule has 1 atom stereocenters. The van der Waals surface area contributed by atoms with E-state index in [9.17, 15) is 4.79 Å². The lowest BCUT2D eigenvalue weighted by molar-refractivity contribution is -0.118. The van der Waals surface area contributed by atoms with Gasteiger partial charge in [-0.2, -0.15) is 0 Å². The van der Waals surface area contributed by atoms with Crippen molar-refractivity contribution in [3.05, 3.63) is 83.6 Å². The molecule has 3 aromatic rings. The highest BCUT2D eigenvalue weighted by Crippen LogP contribution is 2.46. The third-order valence-corrected chi connectivity index (χ3v) is 7.49. The van der Waals surface area contributed by atoms with Crippen molar-refractivity contribution in [2.24, 2.45) is 5.41 Å². The van der Waals surface area contributed by atoms with E-state index >= 15 is 0 Å². The molecular formula is C29H30N2O3S. The topological polar surface area (TPSA) is 59.6 Å². The van der Waals surface area contributed by atoms with E-state index in [1.54, 1.807) is 26.0 Å². The van der Waals surface area contributed by atoms with Gasteiger partial charge in [0.25, 0.3) is 0 Å². The van der Waals surface area contributed by atoms with E-state index in [4.69, 9.17) is 9.47 Å². The van der Waals surface area contributed by atoms with Crippen molar-refractivity contribution >= 4 is 28.9 Å². The maximum atomic E-state index is 13.4. The molecule has 0 bridgehead atoms. The van der Waals surface area contributed by atoms with Crippen LogP contribution >= 0.6 is 11.8 Å². The predicted octanol–water partition coefficient (Wildman–Crippen LogP) is 7.08. The van der Waals surface area contributed by atoms with Crippen LogP contribution in [0.3, 0.4) is 0 Å². The van der Waals surface area contributed by atoms with Crippen LogP contribution in [0, 0.1) is 5.41 Å². The van der Waals surface area contributed by atoms with E-state index in [1.165, 1.54) is 0 Å². The van der Waals surface area contributed by atoms with Crippen LogP contribution in [-0.2, 0) is 4.79 Å². The van der Waals surface area contributed by atoms with Gasteiger partial charge in [-0.25, -0.2) is 0 Å². The van der Waals surface area contributed by atoms with Crippen LogP contribution in [-0.4, -0.2) is 20.0 Å². The molecule has 0 spiro atoms. The molecule has 2 aliphatic rings. The maximum Gasteiger partial charge on any atom is 0.163 e. The monoisotopic (exact) mass is 486 g/mol. The molecule has 0 radical (unpaired) electrons. The van der Waals surface area contributed by atoms with Crippen molar-refractivity contribution in [2.45, 2.75) is 42.5 Å². The van der Waals surface area contributed by atoms with Gasteiger partial charge in [0, 0.05) is 27.5 Å². The van der Waals surface area contributed by atoms with Crippen LogP contribution in [0.25, 0.3) is 0 Å². The molecule has 1 aliphatic heterocycles. The van der Waals surface area contributed by atoms with Crippen LogP contribution in [0.15, 0.2) is 87.8 Å². The Morgan fingerprint density at radius 1 is 0.857 bits per heavy atom. The number of carbonyl (C=O) groups excluding carboxylic acids is 1. The molecule has 0 saturated heterocycles. The van der Waals surface area contributed by atoms with Crippen molar-refractivity contribution in [1.82, 2.24) is 0 Å². The van der Waals surface area contributed by atoms with Crippen molar-refractivity contribution in [2.75, 3.05) is 24.9 Å². The number of rotatable bonds is 5. The molecule has 2 N–H and O–H groups in total. The zero-order valence-corrected chi connectivity index (χ0v) is 21.3. The summed E-state index contributed by atoms with van der Waals surface area (Å²) in [4.78, 5) is 15.7. The van der Waals surface area contributed by atoms with Gasteiger partial charge in [0.05, 0.1) is 31.6 Å². The third-order valence-electron chi connectivity index (χ3n) is 6.51. The summed E-state index contributed by atoms with van der Waals surface area (Å²) in [5.74, 6) is 1.82. The van der Waals surface area contributed by atoms with Gasteiger partial charge >= 0.3 is 0 Å². The first-order valence-corrected chi connectivity index (χ1v) is 12.6. The van der Waals surface area contributed by atoms with Gasteiger partial charge in [-0.05, 0) is 65.9 Å². The molecule has 5 nitrogen and oxygen atoms in total. The first-order chi connectivity index (χ1) is 16.8. The number of benzene rings is 3. The van der Waals surface area contributed by atoms with Gasteiger partial charge in [-0.1, -0.05) is 43.8 Å². The average molecular weight is 487 g/mol. The van der Waals surface area contributed by atoms with Crippen molar-refractivity contribution in [1.29, 1.82) is 0 Å². The Labute approximate surface area is 210 Å². The quantitative estimate of drug-likeness (QED) is 0.402. The lowest BCUT2D eigenvalue weighted by atomic mass is 9.73. The second kappa shape index (κ2) is 9.34. The van der Waals surface area contributed by atoms with E-state index in [-0.39, 0.29) is 17.2 Å². The van der Waals surface area contributed by atoms with E-state index in [0.29, 0.717) is 6.42 Å². The summed E-state index contributed by atoms with van der Waals surface area (Å²) >= 11 is 1.68. The van der Waals surface area contributed by atoms with E-state index in [2.05, 4.69) is 48.7 Å². The largest absolute Gasteiger partial charge is 0.497 e.